The van der Waals surface area contributed by atoms with E-state index in [4.69, 9.17) is 9.15 Å². The Morgan fingerprint density at radius 2 is 1.85 bits per heavy atom. The molecule has 0 aliphatic heterocycles. The smallest absolute Gasteiger partial charge is 0.220 e. The summed E-state index contributed by atoms with van der Waals surface area (Å²) < 4.78 is 35.3. The summed E-state index contributed by atoms with van der Waals surface area (Å²) in [5.41, 5.74) is 2.09. The van der Waals surface area contributed by atoms with Crippen LogP contribution in [0.2, 0.25) is 0 Å². The van der Waals surface area contributed by atoms with Gasteiger partial charge in [0.2, 0.25) is 5.89 Å². The van der Waals surface area contributed by atoms with Crippen molar-refractivity contribution in [3.8, 4) is 5.75 Å². The average molecular weight is 385 g/mol. The summed E-state index contributed by atoms with van der Waals surface area (Å²) >= 11 is 0. The third-order valence-corrected chi connectivity index (χ3v) is 5.91. The number of ether oxygens (including phenoxy) is 1. The lowest BCUT2D eigenvalue weighted by molar-refractivity contribution is 0.309. The van der Waals surface area contributed by atoms with Crippen molar-refractivity contribution < 1.29 is 17.6 Å². The zero-order valence-corrected chi connectivity index (χ0v) is 16.3. The fraction of sp³-hybridized carbons (Fsp3) is 0.286. The molecule has 2 aromatic carbocycles. The maximum atomic E-state index is 12.0. The largest absolute Gasteiger partial charge is 0.494 e. The molecule has 0 unspecified atom stereocenters. The lowest BCUT2D eigenvalue weighted by atomic mass is 10.2. The fourth-order valence-corrected chi connectivity index (χ4v) is 3.43. The Hall–Kier alpha value is -2.60. The molecule has 1 heterocycles. The molecule has 0 aliphatic carbocycles. The molecule has 0 fully saturated rings. The van der Waals surface area contributed by atoms with Crippen LogP contribution in [0.4, 0.5) is 0 Å². The van der Waals surface area contributed by atoms with Crippen LogP contribution in [0.15, 0.2) is 51.8 Å². The second-order valence-electron chi connectivity index (χ2n) is 6.19. The summed E-state index contributed by atoms with van der Waals surface area (Å²) in [5, 5.41) is 0. The van der Waals surface area contributed by atoms with Gasteiger partial charge in [-0.05, 0) is 48.4 Å². The molecular formula is C21H23NO4S. The van der Waals surface area contributed by atoms with E-state index in [1.54, 1.807) is 31.2 Å². The molecule has 0 saturated carbocycles. The molecule has 5 nitrogen and oxygen atoms in total. The fourth-order valence-electron chi connectivity index (χ4n) is 2.53. The number of unbranched alkanes of at least 4 members (excludes halogenated alkanes) is 1. The highest BCUT2D eigenvalue weighted by Gasteiger charge is 2.14. The van der Waals surface area contributed by atoms with Crippen LogP contribution < -0.4 is 4.74 Å². The Labute approximate surface area is 159 Å². The number of hydrogen-bond acceptors (Lipinski definition) is 5. The Balaban J connectivity index is 1.74. The van der Waals surface area contributed by atoms with Crippen LogP contribution in [0.1, 0.15) is 38.1 Å². The van der Waals surface area contributed by atoms with Gasteiger partial charge in [-0.1, -0.05) is 32.4 Å². The SMILES string of the molecule is CCCCOc1ccc(/C=C/c2nc3cc(S(=O)(=O)CC)ccc3o2)cc1. The van der Waals surface area contributed by atoms with Crippen LogP contribution >= 0.6 is 0 Å². The summed E-state index contributed by atoms with van der Waals surface area (Å²) in [6.45, 7) is 4.48. The van der Waals surface area contributed by atoms with E-state index in [-0.39, 0.29) is 10.6 Å². The number of rotatable bonds is 8. The molecule has 0 spiro atoms. The van der Waals surface area contributed by atoms with E-state index < -0.39 is 9.84 Å². The normalized spacial score (nSPS) is 12.1. The second kappa shape index (κ2) is 8.39. The molecule has 27 heavy (non-hydrogen) atoms. The quantitative estimate of drug-likeness (QED) is 0.512. The van der Waals surface area contributed by atoms with Crippen molar-refractivity contribution >= 4 is 33.1 Å². The molecule has 0 radical (unpaired) electrons. The number of aromatic nitrogens is 1. The molecule has 0 atom stereocenters. The Bertz CT molecular complexity index is 1030. The molecule has 0 aliphatic rings. The van der Waals surface area contributed by atoms with E-state index in [0.29, 0.717) is 17.0 Å². The van der Waals surface area contributed by atoms with Crippen molar-refractivity contribution in [3.63, 3.8) is 0 Å². The predicted molar refractivity (Wildman–Crippen MR) is 108 cm³/mol. The molecule has 6 heteroatoms. The highest BCUT2D eigenvalue weighted by atomic mass is 32.2. The van der Waals surface area contributed by atoms with Crippen LogP contribution in [0.3, 0.4) is 0 Å². The first-order chi connectivity index (χ1) is 13.0. The lowest BCUT2D eigenvalue weighted by Gasteiger charge is -2.04. The summed E-state index contributed by atoms with van der Waals surface area (Å²) in [5.74, 6) is 1.34. The van der Waals surface area contributed by atoms with Crippen molar-refractivity contribution in [2.75, 3.05) is 12.4 Å². The van der Waals surface area contributed by atoms with Gasteiger partial charge in [-0.15, -0.1) is 0 Å². The topological polar surface area (TPSA) is 69.4 Å². The van der Waals surface area contributed by atoms with Crippen molar-refractivity contribution in [1.29, 1.82) is 0 Å². The Morgan fingerprint density at radius 1 is 1.07 bits per heavy atom. The van der Waals surface area contributed by atoms with E-state index >= 15 is 0 Å². The van der Waals surface area contributed by atoms with E-state index in [9.17, 15) is 8.42 Å². The first-order valence-corrected chi connectivity index (χ1v) is 10.7. The molecule has 0 saturated heterocycles. The van der Waals surface area contributed by atoms with Crippen LogP contribution in [-0.2, 0) is 9.84 Å². The number of sulfone groups is 1. The van der Waals surface area contributed by atoms with Crippen LogP contribution in [0.5, 0.6) is 5.75 Å². The van der Waals surface area contributed by atoms with Gasteiger partial charge in [-0.25, -0.2) is 13.4 Å². The second-order valence-corrected chi connectivity index (χ2v) is 8.47. The highest BCUT2D eigenvalue weighted by molar-refractivity contribution is 7.91. The molecule has 1 aromatic heterocycles. The van der Waals surface area contributed by atoms with Gasteiger partial charge in [0.1, 0.15) is 11.3 Å². The number of oxazole rings is 1. The zero-order chi connectivity index (χ0) is 19.3. The molecule has 0 N–H and O–H groups in total. The first kappa shape index (κ1) is 19.2. The first-order valence-electron chi connectivity index (χ1n) is 9.06. The maximum absolute atomic E-state index is 12.0. The van der Waals surface area contributed by atoms with Gasteiger partial charge in [0, 0.05) is 6.08 Å². The third-order valence-electron chi connectivity index (χ3n) is 4.18. The summed E-state index contributed by atoms with van der Waals surface area (Å²) in [4.78, 5) is 4.62. The standard InChI is InChI=1S/C21H23NO4S/c1-3-5-14-25-17-9-6-16(7-10-17)8-13-21-22-19-15-18(27(23,24)4-2)11-12-20(19)26-21/h6-13,15H,3-5,14H2,1-2H3/b13-8+. The number of fused-ring (bicyclic) bond motifs is 1. The van der Waals surface area contributed by atoms with Crippen LogP contribution in [0.25, 0.3) is 23.3 Å². The Kier molecular flexibility index (Phi) is 5.96. The zero-order valence-electron chi connectivity index (χ0n) is 15.5. The monoisotopic (exact) mass is 385 g/mol. The van der Waals surface area contributed by atoms with Crippen LogP contribution in [0, 0.1) is 0 Å². The minimum absolute atomic E-state index is 0.0568. The number of nitrogens with zero attached hydrogens (tertiary/aromatic N) is 1. The third kappa shape index (κ3) is 4.77. The Morgan fingerprint density at radius 3 is 2.56 bits per heavy atom. The molecule has 0 bridgehead atoms. The van der Waals surface area contributed by atoms with Crippen molar-refractivity contribution in [3.05, 3.63) is 53.9 Å². The summed E-state index contributed by atoms with van der Waals surface area (Å²) in [6.07, 6.45) is 5.81. The molecule has 0 amide bonds. The summed E-state index contributed by atoms with van der Waals surface area (Å²) in [7, 11) is -3.26. The molecule has 3 rings (SSSR count). The minimum atomic E-state index is -3.26. The van der Waals surface area contributed by atoms with E-state index in [1.807, 2.05) is 30.3 Å². The highest BCUT2D eigenvalue weighted by Crippen LogP contribution is 2.22. The minimum Gasteiger partial charge on any atom is -0.494 e. The van der Waals surface area contributed by atoms with E-state index in [2.05, 4.69) is 11.9 Å². The van der Waals surface area contributed by atoms with Gasteiger partial charge >= 0.3 is 0 Å². The summed E-state index contributed by atoms with van der Waals surface area (Å²) in [6, 6.07) is 12.5. The average Bonchev–Trinajstić information content (AvgIpc) is 3.09. The van der Waals surface area contributed by atoms with Gasteiger partial charge in [-0.3, -0.25) is 0 Å². The van der Waals surface area contributed by atoms with E-state index in [0.717, 1.165) is 30.8 Å². The molecule has 142 valence electrons. The van der Waals surface area contributed by atoms with Gasteiger partial charge in [0.25, 0.3) is 0 Å². The molecule has 3 aromatic rings. The predicted octanol–water partition coefficient (Wildman–Crippen LogP) is 4.97. The van der Waals surface area contributed by atoms with Crippen molar-refractivity contribution in [1.82, 2.24) is 4.98 Å². The lowest BCUT2D eigenvalue weighted by Crippen LogP contribution is -2.03. The maximum Gasteiger partial charge on any atom is 0.220 e. The number of benzene rings is 2. The molecular weight excluding hydrogens is 362 g/mol. The van der Waals surface area contributed by atoms with Gasteiger partial charge in [0.15, 0.2) is 15.4 Å². The van der Waals surface area contributed by atoms with Crippen molar-refractivity contribution in [2.24, 2.45) is 0 Å². The van der Waals surface area contributed by atoms with Crippen molar-refractivity contribution in [2.45, 2.75) is 31.6 Å². The number of hydrogen-bond donors (Lipinski definition) is 0. The van der Waals surface area contributed by atoms with Gasteiger partial charge in [0.05, 0.1) is 17.3 Å². The van der Waals surface area contributed by atoms with Gasteiger partial charge in [-0.2, -0.15) is 0 Å². The van der Waals surface area contributed by atoms with Gasteiger partial charge < -0.3 is 9.15 Å². The van der Waals surface area contributed by atoms with E-state index in [1.165, 1.54) is 0 Å². The van der Waals surface area contributed by atoms with Crippen LogP contribution in [-0.4, -0.2) is 25.8 Å².